The first-order chi connectivity index (χ1) is 9.41. The first-order valence-electron chi connectivity index (χ1n) is 5.69. The number of amides is 1. The zero-order valence-electron chi connectivity index (χ0n) is 10.5. The molecule has 0 spiro atoms. The van der Waals surface area contributed by atoms with Gasteiger partial charge in [0.2, 0.25) is 0 Å². The minimum atomic E-state index is -0.505. The van der Waals surface area contributed by atoms with E-state index in [1.807, 2.05) is 0 Å². The van der Waals surface area contributed by atoms with Gasteiger partial charge in [-0.05, 0) is 24.3 Å². The van der Waals surface area contributed by atoms with Crippen LogP contribution in [0, 0.1) is 5.82 Å². The van der Waals surface area contributed by atoms with Gasteiger partial charge in [0.05, 0.1) is 21.3 Å². The number of anilines is 2. The number of carbonyl (C=O) groups excluding carboxylic acids is 1. The number of nitrogens with zero attached hydrogens (tertiary/aromatic N) is 1. The van der Waals surface area contributed by atoms with Crippen LogP contribution in [0.25, 0.3) is 0 Å². The summed E-state index contributed by atoms with van der Waals surface area (Å²) in [7, 11) is 1.45. The molecule has 1 amide bonds. The number of benzene rings is 2. The molecule has 0 fully saturated rings. The van der Waals surface area contributed by atoms with Crippen molar-refractivity contribution in [3.8, 4) is 0 Å². The lowest BCUT2D eigenvalue weighted by molar-refractivity contribution is 0.0992. The molecular formula is C14H11Cl2FN2O. The van der Waals surface area contributed by atoms with Crippen LogP contribution in [-0.2, 0) is 0 Å². The van der Waals surface area contributed by atoms with Gasteiger partial charge in [0.1, 0.15) is 5.82 Å². The van der Waals surface area contributed by atoms with Crippen LogP contribution in [0.15, 0.2) is 36.4 Å². The third-order valence-corrected chi connectivity index (χ3v) is 3.60. The van der Waals surface area contributed by atoms with E-state index in [1.54, 1.807) is 12.1 Å². The summed E-state index contributed by atoms with van der Waals surface area (Å²) >= 11 is 11.9. The molecule has 0 saturated heterocycles. The van der Waals surface area contributed by atoms with Crippen LogP contribution >= 0.6 is 23.2 Å². The van der Waals surface area contributed by atoms with Crippen molar-refractivity contribution in [1.82, 2.24) is 0 Å². The van der Waals surface area contributed by atoms with E-state index in [2.05, 4.69) is 0 Å². The molecule has 0 aromatic heterocycles. The highest BCUT2D eigenvalue weighted by Crippen LogP contribution is 2.30. The number of halogens is 3. The molecule has 20 heavy (non-hydrogen) atoms. The molecule has 2 rings (SSSR count). The van der Waals surface area contributed by atoms with Gasteiger partial charge in [-0.15, -0.1) is 0 Å². The third kappa shape index (κ3) is 2.71. The van der Waals surface area contributed by atoms with Gasteiger partial charge >= 0.3 is 0 Å². The van der Waals surface area contributed by atoms with Crippen molar-refractivity contribution in [2.45, 2.75) is 0 Å². The Bertz CT molecular complexity index is 676. The van der Waals surface area contributed by atoms with Gasteiger partial charge in [-0.2, -0.15) is 0 Å². The smallest absolute Gasteiger partial charge is 0.259 e. The second kappa shape index (κ2) is 5.69. The molecule has 0 atom stereocenters. The number of carbonyl (C=O) groups is 1. The second-order valence-corrected chi connectivity index (χ2v) is 4.97. The Morgan fingerprint density at radius 1 is 1.25 bits per heavy atom. The minimum Gasteiger partial charge on any atom is -0.399 e. The van der Waals surface area contributed by atoms with E-state index in [1.165, 1.54) is 31.3 Å². The SMILES string of the molecule is CN(C(=O)c1cc(N)cc(Cl)c1Cl)c1ccccc1F. The normalized spacial score (nSPS) is 10.4. The van der Waals surface area contributed by atoms with Crippen LogP contribution in [0.4, 0.5) is 15.8 Å². The number of nitrogens with two attached hydrogens (primary N) is 1. The van der Waals surface area contributed by atoms with Crippen molar-refractivity contribution >= 4 is 40.5 Å². The van der Waals surface area contributed by atoms with Gasteiger partial charge < -0.3 is 10.6 Å². The monoisotopic (exact) mass is 312 g/mol. The van der Waals surface area contributed by atoms with E-state index in [4.69, 9.17) is 28.9 Å². The van der Waals surface area contributed by atoms with Crippen LogP contribution in [0.1, 0.15) is 10.4 Å². The number of nitrogen functional groups attached to an aromatic ring is 1. The molecule has 0 radical (unpaired) electrons. The van der Waals surface area contributed by atoms with E-state index >= 15 is 0 Å². The summed E-state index contributed by atoms with van der Waals surface area (Å²) in [6, 6.07) is 8.80. The molecule has 6 heteroatoms. The number of hydrogen-bond donors (Lipinski definition) is 1. The summed E-state index contributed by atoms with van der Waals surface area (Å²) in [5.74, 6) is -0.997. The second-order valence-electron chi connectivity index (χ2n) is 4.18. The standard InChI is InChI=1S/C14H11Cl2FN2O/c1-19(12-5-3-2-4-11(12)17)14(20)9-6-8(18)7-10(15)13(9)16/h2-7H,18H2,1H3. The van der Waals surface area contributed by atoms with Gasteiger partial charge in [0, 0.05) is 12.7 Å². The molecule has 0 aliphatic carbocycles. The number of para-hydroxylation sites is 1. The molecule has 0 bridgehead atoms. The summed E-state index contributed by atoms with van der Waals surface area (Å²) in [5, 5.41) is 0.269. The van der Waals surface area contributed by atoms with Crippen LogP contribution in [0.3, 0.4) is 0 Å². The first kappa shape index (κ1) is 14.6. The molecule has 2 aromatic carbocycles. The topological polar surface area (TPSA) is 46.3 Å². The Hall–Kier alpha value is -1.78. The average molecular weight is 313 g/mol. The van der Waals surface area contributed by atoms with Gasteiger partial charge in [-0.3, -0.25) is 4.79 Å². The van der Waals surface area contributed by atoms with Crippen LogP contribution in [0.5, 0.6) is 0 Å². The third-order valence-electron chi connectivity index (χ3n) is 2.80. The molecule has 0 heterocycles. The Kier molecular flexibility index (Phi) is 4.16. The quantitative estimate of drug-likeness (QED) is 0.852. The van der Waals surface area contributed by atoms with Gasteiger partial charge in [-0.25, -0.2) is 4.39 Å². The largest absolute Gasteiger partial charge is 0.399 e. The highest BCUT2D eigenvalue weighted by molar-refractivity contribution is 6.44. The lowest BCUT2D eigenvalue weighted by atomic mass is 10.1. The fourth-order valence-corrected chi connectivity index (χ4v) is 2.20. The Balaban J connectivity index is 2.44. The van der Waals surface area contributed by atoms with Gasteiger partial charge in [0.25, 0.3) is 5.91 Å². The van der Waals surface area contributed by atoms with E-state index in [9.17, 15) is 9.18 Å². The maximum atomic E-state index is 13.7. The van der Waals surface area contributed by atoms with Gasteiger partial charge in [0.15, 0.2) is 0 Å². The minimum absolute atomic E-state index is 0.0917. The number of hydrogen-bond acceptors (Lipinski definition) is 2. The molecule has 0 saturated carbocycles. The highest BCUT2D eigenvalue weighted by atomic mass is 35.5. The number of rotatable bonds is 2. The molecule has 0 aliphatic heterocycles. The lowest BCUT2D eigenvalue weighted by Gasteiger charge is -2.19. The molecule has 2 aromatic rings. The van der Waals surface area contributed by atoms with E-state index in [0.717, 1.165) is 4.90 Å². The molecule has 2 N–H and O–H groups in total. The summed E-state index contributed by atoms with van der Waals surface area (Å²) in [6.07, 6.45) is 0. The van der Waals surface area contributed by atoms with E-state index < -0.39 is 11.7 Å². The van der Waals surface area contributed by atoms with Crippen molar-refractivity contribution < 1.29 is 9.18 Å². The van der Waals surface area contributed by atoms with Gasteiger partial charge in [-0.1, -0.05) is 35.3 Å². The molecular weight excluding hydrogens is 302 g/mol. The van der Waals surface area contributed by atoms with E-state index in [0.29, 0.717) is 5.69 Å². The van der Waals surface area contributed by atoms with Crippen LogP contribution < -0.4 is 10.6 Å². The molecule has 0 unspecified atom stereocenters. The van der Waals surface area contributed by atoms with Crippen LogP contribution in [-0.4, -0.2) is 13.0 Å². The lowest BCUT2D eigenvalue weighted by Crippen LogP contribution is -2.27. The van der Waals surface area contributed by atoms with Crippen molar-refractivity contribution in [3.05, 3.63) is 57.8 Å². The molecule has 3 nitrogen and oxygen atoms in total. The zero-order valence-corrected chi connectivity index (χ0v) is 12.0. The fourth-order valence-electron chi connectivity index (χ4n) is 1.78. The van der Waals surface area contributed by atoms with Crippen molar-refractivity contribution in [2.24, 2.45) is 0 Å². The Morgan fingerprint density at radius 3 is 2.55 bits per heavy atom. The Morgan fingerprint density at radius 2 is 1.90 bits per heavy atom. The summed E-state index contributed by atoms with van der Waals surface area (Å²) in [6.45, 7) is 0. The highest BCUT2D eigenvalue weighted by Gasteiger charge is 2.20. The van der Waals surface area contributed by atoms with Crippen molar-refractivity contribution in [1.29, 1.82) is 0 Å². The van der Waals surface area contributed by atoms with Crippen molar-refractivity contribution in [3.63, 3.8) is 0 Å². The maximum absolute atomic E-state index is 13.7. The maximum Gasteiger partial charge on any atom is 0.259 e. The summed E-state index contributed by atoms with van der Waals surface area (Å²) in [4.78, 5) is 13.5. The first-order valence-corrected chi connectivity index (χ1v) is 6.44. The van der Waals surface area contributed by atoms with Crippen LogP contribution in [0.2, 0.25) is 10.0 Å². The fraction of sp³-hybridized carbons (Fsp3) is 0.0714. The predicted octanol–water partition coefficient (Wildman–Crippen LogP) is 3.99. The predicted molar refractivity (Wildman–Crippen MR) is 80.0 cm³/mol. The average Bonchev–Trinajstić information content (AvgIpc) is 2.42. The van der Waals surface area contributed by atoms with Crippen molar-refractivity contribution in [2.75, 3.05) is 17.7 Å². The summed E-state index contributed by atoms with van der Waals surface area (Å²) in [5.41, 5.74) is 6.23. The molecule has 0 aliphatic rings. The Labute approximate surface area is 125 Å². The van der Waals surface area contributed by atoms with E-state index in [-0.39, 0.29) is 21.3 Å². The molecule has 104 valence electrons. The summed E-state index contributed by atoms with van der Waals surface area (Å²) < 4.78 is 13.7. The zero-order chi connectivity index (χ0) is 14.9.